The zero-order valence-electron chi connectivity index (χ0n) is 13.0. The third-order valence-corrected chi connectivity index (χ3v) is 3.65. The number of anilines is 1. The average Bonchev–Trinajstić information content (AvgIpc) is 2.95. The number of nitrogens with one attached hydrogen (secondary N) is 1. The molecule has 1 N–H and O–H groups in total. The van der Waals surface area contributed by atoms with Crippen LogP contribution < -0.4 is 10.1 Å². The number of halogens is 1. The zero-order valence-corrected chi connectivity index (χ0v) is 13.7. The summed E-state index contributed by atoms with van der Waals surface area (Å²) in [6.07, 6.45) is 0. The van der Waals surface area contributed by atoms with E-state index in [1.165, 1.54) is 0 Å². The van der Waals surface area contributed by atoms with Gasteiger partial charge in [0, 0.05) is 10.7 Å². The minimum Gasteiger partial charge on any atom is -0.489 e. The number of ether oxygens (including phenoxy) is 1. The maximum atomic E-state index is 12.4. The first-order chi connectivity index (χ1) is 11.6. The summed E-state index contributed by atoms with van der Waals surface area (Å²) in [6.45, 7) is 1.90. The molecule has 0 radical (unpaired) electrons. The Balaban J connectivity index is 1.74. The number of para-hydroxylation sites is 1. The Bertz CT molecular complexity index is 846. The quantitative estimate of drug-likeness (QED) is 0.743. The Kier molecular flexibility index (Phi) is 4.82. The second kappa shape index (κ2) is 7.19. The molecule has 24 heavy (non-hydrogen) atoms. The molecule has 0 fully saturated rings. The number of aromatic nitrogens is 1. The number of carbonyl (C=O) groups excluding carboxylic acids is 1. The predicted octanol–water partition coefficient (Wildman–Crippen LogP) is 4.47. The van der Waals surface area contributed by atoms with E-state index in [0.717, 1.165) is 0 Å². The van der Waals surface area contributed by atoms with E-state index in [9.17, 15) is 4.79 Å². The van der Waals surface area contributed by atoms with Crippen LogP contribution >= 0.6 is 11.6 Å². The van der Waals surface area contributed by atoms with Gasteiger partial charge in [0.2, 0.25) is 0 Å². The Labute approximate surface area is 144 Å². The van der Waals surface area contributed by atoms with Crippen LogP contribution in [0, 0.1) is 6.92 Å². The van der Waals surface area contributed by atoms with Gasteiger partial charge in [0.25, 0.3) is 5.91 Å². The topological polar surface area (TPSA) is 64.4 Å². The monoisotopic (exact) mass is 342 g/mol. The number of aryl methyl sites for hydroxylation is 1. The van der Waals surface area contributed by atoms with Gasteiger partial charge in [-0.25, -0.2) is 0 Å². The van der Waals surface area contributed by atoms with Crippen LogP contribution in [0.1, 0.15) is 21.8 Å². The molecular formula is C18H15ClN2O3. The van der Waals surface area contributed by atoms with Gasteiger partial charge in [-0.05, 0) is 37.3 Å². The lowest BCUT2D eigenvalue weighted by Crippen LogP contribution is -2.15. The summed E-state index contributed by atoms with van der Waals surface area (Å²) in [5.74, 6) is 0.801. The first-order valence-electron chi connectivity index (χ1n) is 7.33. The minimum absolute atomic E-state index is 0.160. The molecule has 0 bridgehead atoms. The Morgan fingerprint density at radius 1 is 1.21 bits per heavy atom. The van der Waals surface area contributed by atoms with E-state index in [2.05, 4.69) is 10.5 Å². The number of benzene rings is 2. The maximum Gasteiger partial charge on any atom is 0.278 e. The standard InChI is InChI=1S/C18H15ClN2O3/c1-12-16(11-23-15-9-5-6-13(19)10-15)17(21-24-12)18(22)20-14-7-3-2-4-8-14/h2-10H,11H2,1H3,(H,20,22). The second-order valence-corrected chi connectivity index (χ2v) is 5.57. The largest absolute Gasteiger partial charge is 0.489 e. The molecule has 0 unspecified atom stereocenters. The normalized spacial score (nSPS) is 10.4. The number of carbonyl (C=O) groups is 1. The third kappa shape index (κ3) is 3.75. The Hall–Kier alpha value is -2.79. The van der Waals surface area contributed by atoms with Crippen molar-refractivity contribution in [2.24, 2.45) is 0 Å². The highest BCUT2D eigenvalue weighted by atomic mass is 35.5. The number of rotatable bonds is 5. The Morgan fingerprint density at radius 2 is 2.00 bits per heavy atom. The maximum absolute atomic E-state index is 12.4. The summed E-state index contributed by atoms with van der Waals surface area (Å²) in [6, 6.07) is 16.2. The molecule has 1 aromatic heterocycles. The van der Waals surface area contributed by atoms with Crippen LogP contribution in [0.4, 0.5) is 5.69 Å². The van der Waals surface area contributed by atoms with Crippen LogP contribution in [0.15, 0.2) is 59.1 Å². The number of hydrogen-bond acceptors (Lipinski definition) is 4. The number of nitrogens with zero attached hydrogens (tertiary/aromatic N) is 1. The fourth-order valence-corrected chi connectivity index (χ4v) is 2.34. The first kappa shape index (κ1) is 16.1. The molecule has 1 amide bonds. The highest BCUT2D eigenvalue weighted by Crippen LogP contribution is 2.21. The van der Waals surface area contributed by atoms with Gasteiger partial charge in [-0.1, -0.05) is 41.0 Å². The van der Waals surface area contributed by atoms with Gasteiger partial charge in [-0.3, -0.25) is 4.79 Å². The van der Waals surface area contributed by atoms with Crippen molar-refractivity contribution in [3.05, 3.63) is 76.6 Å². The molecule has 0 aliphatic heterocycles. The summed E-state index contributed by atoms with van der Waals surface area (Å²) < 4.78 is 10.8. The third-order valence-electron chi connectivity index (χ3n) is 3.41. The van der Waals surface area contributed by atoms with E-state index in [0.29, 0.717) is 27.8 Å². The van der Waals surface area contributed by atoms with Gasteiger partial charge in [-0.2, -0.15) is 0 Å². The van der Waals surface area contributed by atoms with Gasteiger partial charge >= 0.3 is 0 Å². The van der Waals surface area contributed by atoms with Crippen molar-refractivity contribution in [2.45, 2.75) is 13.5 Å². The summed E-state index contributed by atoms with van der Waals surface area (Å²) in [4.78, 5) is 12.4. The molecule has 6 heteroatoms. The van der Waals surface area contributed by atoms with Crippen LogP contribution in [0.3, 0.4) is 0 Å². The summed E-state index contributed by atoms with van der Waals surface area (Å²) in [5.41, 5.74) is 1.49. The summed E-state index contributed by atoms with van der Waals surface area (Å²) in [5, 5.41) is 7.21. The molecule has 122 valence electrons. The molecule has 0 saturated carbocycles. The van der Waals surface area contributed by atoms with E-state index in [1.54, 1.807) is 43.3 Å². The second-order valence-electron chi connectivity index (χ2n) is 5.13. The average molecular weight is 343 g/mol. The van der Waals surface area contributed by atoms with Gasteiger partial charge in [-0.15, -0.1) is 0 Å². The van der Waals surface area contributed by atoms with Crippen LogP contribution in [0.25, 0.3) is 0 Å². The molecule has 0 spiro atoms. The minimum atomic E-state index is -0.345. The highest BCUT2D eigenvalue weighted by Gasteiger charge is 2.20. The summed E-state index contributed by atoms with van der Waals surface area (Å²) >= 11 is 5.93. The van der Waals surface area contributed by atoms with Crippen LogP contribution in [0.2, 0.25) is 5.02 Å². The molecule has 0 saturated heterocycles. The molecule has 0 atom stereocenters. The van der Waals surface area contributed by atoms with Crippen molar-refractivity contribution in [3.8, 4) is 5.75 Å². The van der Waals surface area contributed by atoms with Crippen molar-refractivity contribution in [1.29, 1.82) is 0 Å². The molecule has 0 aliphatic carbocycles. The van der Waals surface area contributed by atoms with Crippen LogP contribution in [0.5, 0.6) is 5.75 Å². The predicted molar refractivity (Wildman–Crippen MR) is 91.4 cm³/mol. The van der Waals surface area contributed by atoms with Gasteiger partial charge < -0.3 is 14.6 Å². The van der Waals surface area contributed by atoms with Gasteiger partial charge in [0.05, 0.1) is 5.56 Å². The SMILES string of the molecule is Cc1onc(C(=O)Nc2ccccc2)c1COc1cccc(Cl)c1. The van der Waals surface area contributed by atoms with Gasteiger partial charge in [0.15, 0.2) is 5.69 Å². The fraction of sp³-hybridized carbons (Fsp3) is 0.111. The molecule has 1 heterocycles. The van der Waals surface area contributed by atoms with Crippen molar-refractivity contribution in [2.75, 3.05) is 5.32 Å². The smallest absolute Gasteiger partial charge is 0.278 e. The lowest BCUT2D eigenvalue weighted by atomic mass is 10.2. The van der Waals surface area contributed by atoms with Crippen molar-refractivity contribution in [3.63, 3.8) is 0 Å². The zero-order chi connectivity index (χ0) is 16.9. The van der Waals surface area contributed by atoms with E-state index >= 15 is 0 Å². The summed E-state index contributed by atoms with van der Waals surface area (Å²) in [7, 11) is 0. The van der Waals surface area contributed by atoms with Crippen molar-refractivity contribution >= 4 is 23.2 Å². The van der Waals surface area contributed by atoms with Crippen LogP contribution in [-0.2, 0) is 6.61 Å². The van der Waals surface area contributed by atoms with E-state index < -0.39 is 0 Å². The number of hydrogen-bond donors (Lipinski definition) is 1. The lowest BCUT2D eigenvalue weighted by Gasteiger charge is -2.07. The van der Waals surface area contributed by atoms with E-state index in [1.807, 2.05) is 18.2 Å². The fourth-order valence-electron chi connectivity index (χ4n) is 2.16. The van der Waals surface area contributed by atoms with Gasteiger partial charge in [0.1, 0.15) is 18.1 Å². The molecule has 5 nitrogen and oxygen atoms in total. The molecule has 3 rings (SSSR count). The Morgan fingerprint density at radius 3 is 2.75 bits per heavy atom. The van der Waals surface area contributed by atoms with Crippen molar-refractivity contribution in [1.82, 2.24) is 5.16 Å². The lowest BCUT2D eigenvalue weighted by molar-refractivity contribution is 0.101. The first-order valence-corrected chi connectivity index (χ1v) is 7.71. The molecule has 3 aromatic rings. The van der Waals surface area contributed by atoms with Crippen molar-refractivity contribution < 1.29 is 14.1 Å². The highest BCUT2D eigenvalue weighted by molar-refractivity contribution is 6.30. The van der Waals surface area contributed by atoms with E-state index in [4.69, 9.17) is 20.9 Å². The molecule has 2 aromatic carbocycles. The molecule has 0 aliphatic rings. The molecular weight excluding hydrogens is 328 g/mol. The van der Waals surface area contributed by atoms with E-state index in [-0.39, 0.29) is 18.2 Å². The number of amides is 1. The van der Waals surface area contributed by atoms with Crippen LogP contribution in [-0.4, -0.2) is 11.1 Å².